The standard InChI is InChI=1S/C24H22F3N3O3S/c1-33-23(32)30-13-29(16-5-3-4-15(11-16)24(25,26)27)18-8-9-19(31)21(18)22(30)17-7-6-14(12-28)10-20(17)34-2/h3-7,10-11,17,20,22H,8-9,13H2,1-2H3/t17?,20?,22-/m1/s1. The average Bonchev–Trinajstić information content (AvgIpc) is 3.23. The van der Waals surface area contributed by atoms with Crippen molar-refractivity contribution in [1.82, 2.24) is 4.90 Å². The van der Waals surface area contributed by atoms with Crippen LogP contribution in [-0.4, -0.2) is 48.1 Å². The van der Waals surface area contributed by atoms with Crippen molar-refractivity contribution in [2.24, 2.45) is 5.92 Å². The lowest BCUT2D eigenvalue weighted by Crippen LogP contribution is -2.56. The fourth-order valence-corrected chi connectivity index (χ4v) is 5.63. The molecule has 0 bridgehead atoms. The van der Waals surface area contributed by atoms with Crippen molar-refractivity contribution in [2.45, 2.75) is 30.3 Å². The SMILES string of the molecule is COC(=O)N1CN(c2cccc(C(F)(F)F)c2)C2=C(C(=O)CC2)[C@H]1C1C=CC(C#N)=CC1SC. The number of nitriles is 1. The Labute approximate surface area is 199 Å². The lowest BCUT2D eigenvalue weighted by Gasteiger charge is -2.46. The van der Waals surface area contributed by atoms with Gasteiger partial charge in [-0.3, -0.25) is 9.69 Å². The summed E-state index contributed by atoms with van der Waals surface area (Å²) < 4.78 is 45.1. The molecule has 0 aromatic heterocycles. The van der Waals surface area contributed by atoms with Gasteiger partial charge in [-0.05, 0) is 37.0 Å². The topological polar surface area (TPSA) is 73.6 Å². The molecule has 0 N–H and O–H groups in total. The fourth-order valence-electron chi connectivity index (χ4n) is 4.79. The van der Waals surface area contributed by atoms with Gasteiger partial charge in [0.2, 0.25) is 0 Å². The molecule has 6 nitrogen and oxygen atoms in total. The van der Waals surface area contributed by atoms with Gasteiger partial charge in [0.05, 0.1) is 24.8 Å². The van der Waals surface area contributed by atoms with Gasteiger partial charge in [-0.1, -0.05) is 18.2 Å². The molecule has 34 heavy (non-hydrogen) atoms. The quantitative estimate of drug-likeness (QED) is 0.601. The number of carbonyl (C=O) groups excluding carboxylic acids is 2. The van der Waals surface area contributed by atoms with Gasteiger partial charge in [-0.25, -0.2) is 4.79 Å². The van der Waals surface area contributed by atoms with Crippen LogP contribution < -0.4 is 4.90 Å². The second kappa shape index (κ2) is 9.22. The second-order valence-corrected chi connectivity index (χ2v) is 9.17. The number of Topliss-reactive ketones (excluding diaryl/α,β-unsaturated/α-hetero) is 1. The number of anilines is 1. The summed E-state index contributed by atoms with van der Waals surface area (Å²) in [6, 6.07) is 6.31. The van der Waals surface area contributed by atoms with Gasteiger partial charge < -0.3 is 9.64 Å². The van der Waals surface area contributed by atoms with E-state index in [-0.39, 0.29) is 35.7 Å². The second-order valence-electron chi connectivity index (χ2n) is 8.16. The molecular weight excluding hydrogens is 467 g/mol. The Morgan fingerprint density at radius 2 is 2.06 bits per heavy atom. The van der Waals surface area contributed by atoms with E-state index in [9.17, 15) is 28.0 Å². The van der Waals surface area contributed by atoms with Crippen LogP contribution in [0.3, 0.4) is 0 Å². The Morgan fingerprint density at radius 3 is 2.71 bits per heavy atom. The van der Waals surface area contributed by atoms with Crippen LogP contribution in [0, 0.1) is 17.2 Å². The highest BCUT2D eigenvalue weighted by molar-refractivity contribution is 7.99. The summed E-state index contributed by atoms with van der Waals surface area (Å²) in [7, 11) is 1.23. The summed E-state index contributed by atoms with van der Waals surface area (Å²) in [5.41, 5.74) is 0.967. The van der Waals surface area contributed by atoms with Crippen LogP contribution in [-0.2, 0) is 15.7 Å². The third kappa shape index (κ3) is 4.20. The highest BCUT2D eigenvalue weighted by Gasteiger charge is 2.47. The van der Waals surface area contributed by atoms with Crippen LogP contribution in [0.5, 0.6) is 0 Å². The number of nitrogens with zero attached hydrogens (tertiary/aromatic N) is 3. The summed E-state index contributed by atoms with van der Waals surface area (Å²) in [6.07, 6.45) is 2.57. The molecule has 1 amide bonds. The molecule has 0 fully saturated rings. The number of thioether (sulfide) groups is 1. The molecule has 0 saturated carbocycles. The molecule has 0 saturated heterocycles. The van der Waals surface area contributed by atoms with Crippen LogP contribution in [0.25, 0.3) is 0 Å². The van der Waals surface area contributed by atoms with Gasteiger partial charge in [0.25, 0.3) is 0 Å². The third-order valence-electron chi connectivity index (χ3n) is 6.33. The summed E-state index contributed by atoms with van der Waals surface area (Å²) in [5, 5.41) is 9.12. The van der Waals surface area contributed by atoms with Crippen molar-refractivity contribution >= 4 is 29.3 Å². The van der Waals surface area contributed by atoms with Crippen molar-refractivity contribution in [3.05, 3.63) is 64.9 Å². The van der Waals surface area contributed by atoms with Crippen LogP contribution in [0.2, 0.25) is 0 Å². The first kappa shape index (κ1) is 24.0. The molecule has 1 heterocycles. The zero-order valence-electron chi connectivity index (χ0n) is 18.5. The van der Waals surface area contributed by atoms with Crippen LogP contribution >= 0.6 is 11.8 Å². The first-order valence-electron chi connectivity index (χ1n) is 10.6. The largest absolute Gasteiger partial charge is 0.453 e. The van der Waals surface area contributed by atoms with Crippen LogP contribution in [0.1, 0.15) is 18.4 Å². The smallest absolute Gasteiger partial charge is 0.416 e. The molecule has 10 heteroatoms. The predicted molar refractivity (Wildman–Crippen MR) is 122 cm³/mol. The number of benzene rings is 1. The number of hydrogen-bond acceptors (Lipinski definition) is 6. The first-order chi connectivity index (χ1) is 16.2. The van der Waals surface area contributed by atoms with Gasteiger partial charge in [0.1, 0.15) is 6.67 Å². The summed E-state index contributed by atoms with van der Waals surface area (Å²) in [6.45, 7) is -0.0645. The molecule has 2 unspecified atom stereocenters. The molecule has 0 spiro atoms. The van der Waals surface area contributed by atoms with E-state index in [0.717, 1.165) is 12.1 Å². The third-order valence-corrected chi connectivity index (χ3v) is 7.33. The maximum absolute atomic E-state index is 13.4. The molecule has 0 radical (unpaired) electrons. The number of rotatable bonds is 3. The molecular formula is C24H22F3N3O3S. The van der Waals surface area contributed by atoms with Crippen molar-refractivity contribution < 1.29 is 27.5 Å². The number of methoxy groups -OCH3 is 1. The Bertz CT molecular complexity index is 1150. The van der Waals surface area contributed by atoms with Crippen LogP contribution in [0.15, 0.2) is 59.3 Å². The molecule has 3 atom stereocenters. The number of ketones is 1. The lowest BCUT2D eigenvalue weighted by molar-refractivity contribution is -0.137. The Balaban J connectivity index is 1.84. The zero-order valence-corrected chi connectivity index (χ0v) is 19.3. The monoisotopic (exact) mass is 489 g/mol. The number of carbonyl (C=O) groups is 2. The number of alkyl halides is 3. The first-order valence-corrected chi connectivity index (χ1v) is 11.9. The van der Waals surface area contributed by atoms with E-state index >= 15 is 0 Å². The molecule has 2 aliphatic carbocycles. The van der Waals surface area contributed by atoms with E-state index in [2.05, 4.69) is 6.07 Å². The van der Waals surface area contributed by atoms with Crippen molar-refractivity contribution in [1.29, 1.82) is 5.26 Å². The molecule has 1 aliphatic heterocycles. The minimum Gasteiger partial charge on any atom is -0.453 e. The maximum atomic E-state index is 13.4. The van der Waals surface area contributed by atoms with E-state index in [4.69, 9.17) is 4.74 Å². The lowest BCUT2D eigenvalue weighted by atomic mass is 9.83. The van der Waals surface area contributed by atoms with E-state index in [1.54, 1.807) is 11.0 Å². The highest BCUT2D eigenvalue weighted by atomic mass is 32.2. The van der Waals surface area contributed by atoms with Crippen LogP contribution in [0.4, 0.5) is 23.7 Å². The minimum atomic E-state index is -4.53. The van der Waals surface area contributed by atoms with Gasteiger partial charge in [0, 0.05) is 40.1 Å². The summed E-state index contributed by atoms with van der Waals surface area (Å²) in [4.78, 5) is 29.0. The molecule has 178 valence electrons. The molecule has 3 aliphatic rings. The number of allylic oxidation sites excluding steroid dienone is 3. The minimum absolute atomic E-state index is 0.0645. The zero-order chi connectivity index (χ0) is 24.6. The van der Waals surface area contributed by atoms with Crippen molar-refractivity contribution in [3.8, 4) is 6.07 Å². The Morgan fingerprint density at radius 1 is 1.29 bits per heavy atom. The van der Waals surface area contributed by atoms with Gasteiger partial charge in [-0.2, -0.15) is 30.2 Å². The van der Waals surface area contributed by atoms with Crippen molar-refractivity contribution in [3.63, 3.8) is 0 Å². The van der Waals surface area contributed by atoms with Gasteiger partial charge >= 0.3 is 12.3 Å². The number of halogens is 3. The van der Waals surface area contributed by atoms with E-state index in [1.165, 1.54) is 35.9 Å². The molecule has 1 aromatic carbocycles. The van der Waals surface area contributed by atoms with Gasteiger partial charge in [0.15, 0.2) is 5.78 Å². The Hall–Kier alpha value is -3.19. The molecule has 4 rings (SSSR count). The highest BCUT2D eigenvalue weighted by Crippen LogP contribution is 2.44. The van der Waals surface area contributed by atoms with Gasteiger partial charge in [-0.15, -0.1) is 0 Å². The number of amides is 1. The van der Waals surface area contributed by atoms with E-state index < -0.39 is 23.9 Å². The molecule has 1 aromatic rings. The summed E-state index contributed by atoms with van der Waals surface area (Å²) >= 11 is 1.50. The number of ether oxygens (including phenoxy) is 1. The normalized spacial score (nSPS) is 24.6. The Kier molecular flexibility index (Phi) is 6.49. The average molecular weight is 490 g/mol. The van der Waals surface area contributed by atoms with Crippen molar-refractivity contribution in [2.75, 3.05) is 24.9 Å². The maximum Gasteiger partial charge on any atom is 0.416 e. The fraction of sp³-hybridized carbons (Fsp3) is 0.375. The predicted octanol–water partition coefficient (Wildman–Crippen LogP) is 4.90. The number of hydrogen-bond donors (Lipinski definition) is 0. The summed E-state index contributed by atoms with van der Waals surface area (Å²) in [5.74, 6) is -0.462. The van der Waals surface area contributed by atoms with E-state index in [1.807, 2.05) is 18.4 Å². The van der Waals surface area contributed by atoms with E-state index in [0.29, 0.717) is 23.3 Å².